The van der Waals surface area contributed by atoms with Crippen molar-refractivity contribution in [2.45, 2.75) is 34.2 Å². The second-order valence-corrected chi connectivity index (χ2v) is 5.29. The number of hydrogen-bond donors (Lipinski definition) is 1. The van der Waals surface area contributed by atoms with Gasteiger partial charge in [0.05, 0.1) is 0 Å². The second kappa shape index (κ2) is 6.77. The summed E-state index contributed by atoms with van der Waals surface area (Å²) in [6.45, 7) is 12.8. The zero-order valence-corrected chi connectivity index (χ0v) is 11.7. The van der Waals surface area contributed by atoms with Gasteiger partial charge >= 0.3 is 0 Å². The van der Waals surface area contributed by atoms with E-state index in [0.29, 0.717) is 5.92 Å². The maximum atomic E-state index is 5.69. The van der Waals surface area contributed by atoms with E-state index in [-0.39, 0.29) is 0 Å². The standard InChI is InChI=1S/C15H26N2/c1-12(2)10-17(9-8-16)11-15-13(3)6-5-7-14(15)4/h5-7,12H,8-11,16H2,1-4H3. The molecule has 0 atom stereocenters. The van der Waals surface area contributed by atoms with Gasteiger partial charge in [-0.15, -0.1) is 0 Å². The molecule has 0 saturated carbocycles. The molecule has 1 aromatic rings. The molecule has 0 heterocycles. The van der Waals surface area contributed by atoms with E-state index in [1.165, 1.54) is 16.7 Å². The van der Waals surface area contributed by atoms with Crippen LogP contribution in [0.5, 0.6) is 0 Å². The number of aryl methyl sites for hydroxylation is 2. The van der Waals surface area contributed by atoms with Crippen molar-refractivity contribution < 1.29 is 0 Å². The van der Waals surface area contributed by atoms with Crippen LogP contribution in [0.3, 0.4) is 0 Å². The van der Waals surface area contributed by atoms with E-state index in [4.69, 9.17) is 5.73 Å². The molecule has 0 radical (unpaired) electrons. The van der Waals surface area contributed by atoms with Crippen molar-refractivity contribution in [2.75, 3.05) is 19.6 Å². The lowest BCUT2D eigenvalue weighted by Crippen LogP contribution is -2.32. The van der Waals surface area contributed by atoms with Gasteiger partial charge in [0.15, 0.2) is 0 Å². The highest BCUT2D eigenvalue weighted by Crippen LogP contribution is 2.16. The first-order valence-electron chi connectivity index (χ1n) is 6.52. The lowest BCUT2D eigenvalue weighted by molar-refractivity contribution is 0.242. The smallest absolute Gasteiger partial charge is 0.0239 e. The van der Waals surface area contributed by atoms with Crippen molar-refractivity contribution in [3.63, 3.8) is 0 Å². The SMILES string of the molecule is Cc1cccc(C)c1CN(CCN)CC(C)C. The molecule has 17 heavy (non-hydrogen) atoms. The molecule has 0 fully saturated rings. The summed E-state index contributed by atoms with van der Waals surface area (Å²) in [4.78, 5) is 2.46. The van der Waals surface area contributed by atoms with Gasteiger partial charge in [-0.1, -0.05) is 32.0 Å². The number of nitrogens with two attached hydrogens (primary N) is 1. The average molecular weight is 234 g/mol. The Morgan fingerprint density at radius 2 is 1.76 bits per heavy atom. The summed E-state index contributed by atoms with van der Waals surface area (Å²) in [5, 5.41) is 0. The van der Waals surface area contributed by atoms with Crippen LogP contribution in [0.25, 0.3) is 0 Å². The Labute approximate surface area is 106 Å². The largest absolute Gasteiger partial charge is 0.329 e. The van der Waals surface area contributed by atoms with Crippen molar-refractivity contribution in [3.05, 3.63) is 34.9 Å². The van der Waals surface area contributed by atoms with E-state index >= 15 is 0 Å². The summed E-state index contributed by atoms with van der Waals surface area (Å²) in [5.41, 5.74) is 9.92. The lowest BCUT2D eigenvalue weighted by Gasteiger charge is -2.25. The Hall–Kier alpha value is -0.860. The first-order valence-corrected chi connectivity index (χ1v) is 6.52. The number of hydrogen-bond acceptors (Lipinski definition) is 2. The van der Waals surface area contributed by atoms with Crippen LogP contribution in [0.15, 0.2) is 18.2 Å². The monoisotopic (exact) mass is 234 g/mol. The first-order chi connectivity index (χ1) is 8.04. The molecule has 0 saturated heterocycles. The van der Waals surface area contributed by atoms with Gasteiger partial charge < -0.3 is 5.73 Å². The summed E-state index contributed by atoms with van der Waals surface area (Å²) in [5.74, 6) is 0.686. The van der Waals surface area contributed by atoms with Crippen LogP contribution in [0.2, 0.25) is 0 Å². The van der Waals surface area contributed by atoms with E-state index in [2.05, 4.69) is 50.8 Å². The molecule has 0 aliphatic heterocycles. The zero-order valence-electron chi connectivity index (χ0n) is 11.7. The minimum Gasteiger partial charge on any atom is -0.329 e. The minimum atomic E-state index is 0.686. The van der Waals surface area contributed by atoms with E-state index in [9.17, 15) is 0 Å². The Balaban J connectivity index is 2.78. The quantitative estimate of drug-likeness (QED) is 0.820. The molecule has 0 spiro atoms. The fraction of sp³-hybridized carbons (Fsp3) is 0.600. The Morgan fingerprint density at radius 1 is 1.18 bits per heavy atom. The van der Waals surface area contributed by atoms with Gasteiger partial charge in [0.1, 0.15) is 0 Å². The summed E-state index contributed by atoms with van der Waals surface area (Å²) < 4.78 is 0. The fourth-order valence-corrected chi connectivity index (χ4v) is 2.26. The third kappa shape index (κ3) is 4.49. The third-order valence-electron chi connectivity index (χ3n) is 3.09. The second-order valence-electron chi connectivity index (χ2n) is 5.29. The Kier molecular flexibility index (Phi) is 5.66. The van der Waals surface area contributed by atoms with Crippen LogP contribution in [0, 0.1) is 19.8 Å². The van der Waals surface area contributed by atoms with E-state index in [0.717, 1.165) is 26.2 Å². The van der Waals surface area contributed by atoms with Crippen molar-refractivity contribution in [2.24, 2.45) is 11.7 Å². The Morgan fingerprint density at radius 3 is 2.24 bits per heavy atom. The van der Waals surface area contributed by atoms with Crippen molar-refractivity contribution in [1.82, 2.24) is 4.90 Å². The maximum Gasteiger partial charge on any atom is 0.0239 e. The summed E-state index contributed by atoms with van der Waals surface area (Å²) in [7, 11) is 0. The van der Waals surface area contributed by atoms with Crippen LogP contribution in [0.4, 0.5) is 0 Å². The molecular weight excluding hydrogens is 208 g/mol. The van der Waals surface area contributed by atoms with Gasteiger partial charge in [0.2, 0.25) is 0 Å². The van der Waals surface area contributed by atoms with Crippen molar-refractivity contribution in [3.8, 4) is 0 Å². The molecule has 1 aromatic carbocycles. The normalized spacial score (nSPS) is 11.5. The highest BCUT2D eigenvalue weighted by atomic mass is 15.1. The average Bonchev–Trinajstić information content (AvgIpc) is 2.23. The predicted molar refractivity (Wildman–Crippen MR) is 75.1 cm³/mol. The van der Waals surface area contributed by atoms with Crippen LogP contribution in [0.1, 0.15) is 30.5 Å². The van der Waals surface area contributed by atoms with Crippen LogP contribution >= 0.6 is 0 Å². The zero-order chi connectivity index (χ0) is 12.8. The third-order valence-corrected chi connectivity index (χ3v) is 3.09. The van der Waals surface area contributed by atoms with E-state index < -0.39 is 0 Å². The molecule has 0 amide bonds. The molecule has 2 heteroatoms. The highest BCUT2D eigenvalue weighted by molar-refractivity contribution is 5.33. The maximum absolute atomic E-state index is 5.69. The molecular formula is C15H26N2. The topological polar surface area (TPSA) is 29.3 Å². The number of benzene rings is 1. The predicted octanol–water partition coefficient (Wildman–Crippen LogP) is 2.72. The van der Waals surface area contributed by atoms with Crippen LogP contribution < -0.4 is 5.73 Å². The first kappa shape index (κ1) is 14.2. The molecule has 96 valence electrons. The Bertz CT molecular complexity index is 325. The van der Waals surface area contributed by atoms with Gasteiger partial charge in [-0.25, -0.2) is 0 Å². The van der Waals surface area contributed by atoms with Gasteiger partial charge in [-0.05, 0) is 36.5 Å². The highest BCUT2D eigenvalue weighted by Gasteiger charge is 2.10. The molecule has 2 N–H and O–H groups in total. The van der Waals surface area contributed by atoms with Crippen molar-refractivity contribution in [1.29, 1.82) is 0 Å². The molecule has 1 rings (SSSR count). The van der Waals surface area contributed by atoms with Gasteiger partial charge in [0.25, 0.3) is 0 Å². The van der Waals surface area contributed by atoms with Crippen LogP contribution in [-0.4, -0.2) is 24.5 Å². The van der Waals surface area contributed by atoms with Crippen molar-refractivity contribution >= 4 is 0 Å². The summed E-state index contributed by atoms with van der Waals surface area (Å²) >= 11 is 0. The fourth-order valence-electron chi connectivity index (χ4n) is 2.26. The van der Waals surface area contributed by atoms with Gasteiger partial charge in [0, 0.05) is 26.2 Å². The molecule has 0 aliphatic rings. The number of nitrogens with zero attached hydrogens (tertiary/aromatic N) is 1. The van der Waals surface area contributed by atoms with E-state index in [1.54, 1.807) is 0 Å². The van der Waals surface area contributed by atoms with Gasteiger partial charge in [-0.3, -0.25) is 4.90 Å². The molecule has 0 unspecified atom stereocenters. The summed E-state index contributed by atoms with van der Waals surface area (Å²) in [6.07, 6.45) is 0. The van der Waals surface area contributed by atoms with Crippen LogP contribution in [-0.2, 0) is 6.54 Å². The van der Waals surface area contributed by atoms with Gasteiger partial charge in [-0.2, -0.15) is 0 Å². The minimum absolute atomic E-state index is 0.686. The lowest BCUT2D eigenvalue weighted by atomic mass is 10.0. The van der Waals surface area contributed by atoms with E-state index in [1.807, 2.05) is 0 Å². The number of rotatable bonds is 6. The molecule has 0 bridgehead atoms. The molecule has 2 nitrogen and oxygen atoms in total. The summed E-state index contributed by atoms with van der Waals surface area (Å²) in [6, 6.07) is 6.51. The molecule has 0 aliphatic carbocycles. The molecule has 0 aromatic heterocycles.